The smallest absolute Gasteiger partial charge is 0.237 e. The molecule has 70 valence electrons. The molecule has 1 aliphatic rings. The van der Waals surface area contributed by atoms with Crippen molar-refractivity contribution in [3.05, 3.63) is 24.3 Å². The fourth-order valence-electron chi connectivity index (χ4n) is 1.32. The zero-order valence-electron chi connectivity index (χ0n) is 7.07. The molecule has 0 saturated heterocycles. The molecule has 0 amide bonds. The number of halogens is 1. The van der Waals surface area contributed by atoms with Crippen molar-refractivity contribution in [2.75, 3.05) is 13.1 Å². The second-order valence-corrected chi connectivity index (χ2v) is 2.77. The molecule has 0 unspecified atom stereocenters. The van der Waals surface area contributed by atoms with Gasteiger partial charge in [0.15, 0.2) is 11.4 Å². The van der Waals surface area contributed by atoms with Crippen LogP contribution in [-0.4, -0.2) is 29.1 Å². The van der Waals surface area contributed by atoms with E-state index in [9.17, 15) is 5.11 Å². The van der Waals surface area contributed by atoms with Gasteiger partial charge < -0.3 is 17.5 Å². The molecular formula is C9H11ClN2O. The third-order valence-electron chi connectivity index (χ3n) is 1.94. The van der Waals surface area contributed by atoms with Crippen LogP contribution in [0.25, 0.3) is 0 Å². The second-order valence-electron chi connectivity index (χ2n) is 2.77. The van der Waals surface area contributed by atoms with Gasteiger partial charge in [0.05, 0.1) is 0 Å². The molecule has 1 aromatic rings. The van der Waals surface area contributed by atoms with Crippen LogP contribution in [-0.2, 0) is 0 Å². The number of hydrogen-bond acceptors (Lipinski definition) is 2. The first-order chi connectivity index (χ1) is 5.88. The number of aromatic hydroxyl groups is 1. The Morgan fingerprint density at radius 2 is 2.08 bits per heavy atom. The van der Waals surface area contributed by atoms with Crippen LogP contribution < -0.4 is 17.7 Å². The third-order valence-corrected chi connectivity index (χ3v) is 1.94. The van der Waals surface area contributed by atoms with Crippen LogP contribution in [0.1, 0.15) is 0 Å². The van der Waals surface area contributed by atoms with E-state index in [1.54, 1.807) is 6.07 Å². The maximum atomic E-state index is 9.48. The lowest BCUT2D eigenvalue weighted by Crippen LogP contribution is -3.00. The lowest BCUT2D eigenvalue weighted by Gasteiger charge is -2.00. The van der Waals surface area contributed by atoms with Gasteiger partial charge in [0.2, 0.25) is 6.34 Å². The molecule has 0 aliphatic carbocycles. The minimum Gasteiger partial charge on any atom is -1.00 e. The van der Waals surface area contributed by atoms with Gasteiger partial charge in [-0.15, -0.1) is 0 Å². The second kappa shape index (κ2) is 4.14. The fourth-order valence-corrected chi connectivity index (χ4v) is 1.32. The summed E-state index contributed by atoms with van der Waals surface area (Å²) in [6, 6.07) is 7.34. The molecule has 0 saturated carbocycles. The number of phenolic OH excluding ortho intramolecular Hbond substituents is 1. The summed E-state index contributed by atoms with van der Waals surface area (Å²) < 4.78 is 2.00. The summed E-state index contributed by atoms with van der Waals surface area (Å²) in [5, 5.41) is 12.6. The van der Waals surface area contributed by atoms with Crippen molar-refractivity contribution in [3.63, 3.8) is 0 Å². The molecule has 0 atom stereocenters. The average molecular weight is 199 g/mol. The molecule has 0 bridgehead atoms. The summed E-state index contributed by atoms with van der Waals surface area (Å²) in [5.41, 5.74) is 0.863. The molecule has 3 nitrogen and oxygen atoms in total. The van der Waals surface area contributed by atoms with Crippen LogP contribution in [0.3, 0.4) is 0 Å². The summed E-state index contributed by atoms with van der Waals surface area (Å²) in [5.74, 6) is 0.331. The lowest BCUT2D eigenvalue weighted by molar-refractivity contribution is -0.424. The molecule has 13 heavy (non-hydrogen) atoms. The van der Waals surface area contributed by atoms with Gasteiger partial charge in [0.25, 0.3) is 0 Å². The number of para-hydroxylation sites is 2. The van der Waals surface area contributed by atoms with Gasteiger partial charge in [-0.3, -0.25) is 5.32 Å². The molecule has 0 aromatic heterocycles. The molecule has 1 aliphatic heterocycles. The van der Waals surface area contributed by atoms with Crippen molar-refractivity contribution >= 4 is 12.0 Å². The van der Waals surface area contributed by atoms with Crippen LogP contribution >= 0.6 is 0 Å². The highest BCUT2D eigenvalue weighted by molar-refractivity contribution is 5.55. The molecular weight excluding hydrogens is 188 g/mol. The van der Waals surface area contributed by atoms with Gasteiger partial charge in [0, 0.05) is 0 Å². The Hall–Kier alpha value is -1.22. The Labute approximate surface area is 83.1 Å². The van der Waals surface area contributed by atoms with E-state index in [1.165, 1.54) is 0 Å². The summed E-state index contributed by atoms with van der Waals surface area (Å²) in [4.78, 5) is 0. The van der Waals surface area contributed by atoms with Crippen LogP contribution in [0.4, 0.5) is 5.69 Å². The standard InChI is InChI=1S/C9H10N2O.ClH/c12-9-4-2-1-3-8(9)11-6-5-10-7-11;/h1-4,7,12H,5-6H2;1H. The number of hydrogen-bond donors (Lipinski definition) is 2. The molecule has 0 fully saturated rings. The first-order valence-corrected chi connectivity index (χ1v) is 3.99. The Bertz CT molecular complexity index is 325. The zero-order chi connectivity index (χ0) is 8.39. The molecule has 0 spiro atoms. The summed E-state index contributed by atoms with van der Waals surface area (Å²) >= 11 is 0. The van der Waals surface area contributed by atoms with E-state index in [0.29, 0.717) is 5.75 Å². The maximum Gasteiger partial charge on any atom is 0.237 e. The number of rotatable bonds is 1. The van der Waals surface area contributed by atoms with Crippen LogP contribution in [0.15, 0.2) is 24.3 Å². The van der Waals surface area contributed by atoms with Crippen molar-refractivity contribution in [2.24, 2.45) is 0 Å². The highest BCUT2D eigenvalue weighted by Crippen LogP contribution is 2.24. The topological polar surface area (TPSA) is 35.3 Å². The Morgan fingerprint density at radius 1 is 1.31 bits per heavy atom. The first kappa shape index (κ1) is 9.86. The minimum absolute atomic E-state index is 0. The van der Waals surface area contributed by atoms with Crippen LogP contribution in [0, 0.1) is 0 Å². The highest BCUT2D eigenvalue weighted by Gasteiger charge is 2.13. The Morgan fingerprint density at radius 3 is 2.69 bits per heavy atom. The number of benzene rings is 1. The quantitative estimate of drug-likeness (QED) is 0.497. The summed E-state index contributed by atoms with van der Waals surface area (Å²) in [7, 11) is 0. The third kappa shape index (κ3) is 1.92. The summed E-state index contributed by atoms with van der Waals surface area (Å²) in [6.07, 6.45) is 1.88. The predicted molar refractivity (Wildman–Crippen MR) is 47.0 cm³/mol. The zero-order valence-corrected chi connectivity index (χ0v) is 7.83. The monoisotopic (exact) mass is 198 g/mol. The van der Waals surface area contributed by atoms with E-state index in [2.05, 4.69) is 5.32 Å². The summed E-state index contributed by atoms with van der Waals surface area (Å²) in [6.45, 7) is 1.85. The van der Waals surface area contributed by atoms with Gasteiger partial charge >= 0.3 is 0 Å². The highest BCUT2D eigenvalue weighted by atomic mass is 35.5. The largest absolute Gasteiger partial charge is 1.00 e. The Balaban J connectivity index is 0.000000845. The maximum absolute atomic E-state index is 9.48. The van der Waals surface area contributed by atoms with E-state index >= 15 is 0 Å². The number of nitrogens with one attached hydrogen (secondary N) is 1. The lowest BCUT2D eigenvalue weighted by atomic mass is 10.3. The molecule has 0 radical (unpaired) electrons. The van der Waals surface area contributed by atoms with Crippen molar-refractivity contribution in [3.8, 4) is 5.75 Å². The predicted octanol–water partition coefficient (Wildman–Crippen LogP) is -2.33. The fraction of sp³-hybridized carbons (Fsp3) is 0.222. The van der Waals surface area contributed by atoms with Crippen molar-refractivity contribution in [1.29, 1.82) is 0 Å². The van der Waals surface area contributed by atoms with Crippen molar-refractivity contribution in [2.45, 2.75) is 0 Å². The van der Waals surface area contributed by atoms with Crippen LogP contribution in [0.2, 0.25) is 0 Å². The normalized spacial score (nSPS) is 14.3. The van der Waals surface area contributed by atoms with Gasteiger partial charge in [-0.1, -0.05) is 12.1 Å². The molecule has 2 N–H and O–H groups in total. The molecule has 2 rings (SSSR count). The van der Waals surface area contributed by atoms with Crippen molar-refractivity contribution in [1.82, 2.24) is 5.32 Å². The SMILES string of the molecule is Oc1ccccc1[N+]1=CNCC1.[Cl-]. The average Bonchev–Trinajstić information content (AvgIpc) is 2.57. The van der Waals surface area contributed by atoms with Gasteiger partial charge in [0.1, 0.15) is 13.1 Å². The number of nitrogens with zero attached hydrogens (tertiary/aromatic N) is 1. The van der Waals surface area contributed by atoms with Gasteiger partial charge in [-0.05, 0) is 12.1 Å². The van der Waals surface area contributed by atoms with E-state index in [0.717, 1.165) is 18.8 Å². The molecule has 1 aromatic carbocycles. The van der Waals surface area contributed by atoms with Gasteiger partial charge in [-0.25, -0.2) is 4.58 Å². The molecule has 4 heteroatoms. The molecule has 1 heterocycles. The van der Waals surface area contributed by atoms with E-state index in [-0.39, 0.29) is 12.4 Å². The first-order valence-electron chi connectivity index (χ1n) is 3.99. The van der Waals surface area contributed by atoms with Gasteiger partial charge in [-0.2, -0.15) is 0 Å². The number of phenols is 1. The van der Waals surface area contributed by atoms with E-state index in [1.807, 2.05) is 29.1 Å². The minimum atomic E-state index is 0. The van der Waals surface area contributed by atoms with E-state index in [4.69, 9.17) is 0 Å². The van der Waals surface area contributed by atoms with E-state index < -0.39 is 0 Å². The van der Waals surface area contributed by atoms with Crippen LogP contribution in [0.5, 0.6) is 5.75 Å². The van der Waals surface area contributed by atoms with Crippen molar-refractivity contribution < 1.29 is 22.1 Å². The Kier molecular flexibility index (Phi) is 3.14.